The van der Waals surface area contributed by atoms with E-state index in [1.54, 1.807) is 41.7 Å². The Bertz CT molecular complexity index is 630. The van der Waals surface area contributed by atoms with E-state index < -0.39 is 0 Å². The highest BCUT2D eigenvalue weighted by atomic mass is 32.1. The molecule has 1 N–H and O–H groups in total. The van der Waals surface area contributed by atoms with Crippen molar-refractivity contribution in [2.45, 2.75) is 6.54 Å². The average Bonchev–Trinajstić information content (AvgIpc) is 3.04. The first-order chi connectivity index (χ1) is 10.2. The van der Waals surface area contributed by atoms with Gasteiger partial charge in [0.05, 0.1) is 19.2 Å². The first-order valence-electron chi connectivity index (χ1n) is 6.35. The third kappa shape index (κ3) is 4.57. The van der Waals surface area contributed by atoms with Crippen LogP contribution in [0.2, 0.25) is 0 Å². The molecular weight excluding hydrogens is 286 g/mol. The molecule has 21 heavy (non-hydrogen) atoms. The van der Waals surface area contributed by atoms with Gasteiger partial charge in [0.2, 0.25) is 5.91 Å². The maximum atomic E-state index is 11.7. The second-order valence-electron chi connectivity index (χ2n) is 4.24. The number of nitrogens with one attached hydrogen (secondary N) is 1. The van der Waals surface area contributed by atoms with E-state index in [1.165, 1.54) is 13.2 Å². The van der Waals surface area contributed by atoms with Crippen molar-refractivity contribution < 1.29 is 14.3 Å². The fourth-order valence-corrected chi connectivity index (χ4v) is 2.31. The van der Waals surface area contributed by atoms with Crippen LogP contribution in [0.1, 0.15) is 20.8 Å². The van der Waals surface area contributed by atoms with Crippen molar-refractivity contribution >= 4 is 29.3 Å². The Kier molecular flexibility index (Phi) is 5.29. The fourth-order valence-electron chi connectivity index (χ4n) is 1.67. The van der Waals surface area contributed by atoms with Gasteiger partial charge < -0.3 is 10.1 Å². The number of ether oxygens (including phenoxy) is 1. The molecule has 0 aliphatic carbocycles. The lowest BCUT2D eigenvalue weighted by Gasteiger charge is -2.00. The summed E-state index contributed by atoms with van der Waals surface area (Å²) in [5.41, 5.74) is 1.32. The van der Waals surface area contributed by atoms with Gasteiger partial charge in [0.15, 0.2) is 0 Å². The van der Waals surface area contributed by atoms with Crippen LogP contribution in [-0.2, 0) is 16.1 Å². The van der Waals surface area contributed by atoms with E-state index in [9.17, 15) is 9.59 Å². The second kappa shape index (κ2) is 7.40. The number of amides is 1. The lowest BCUT2D eigenvalue weighted by Crippen LogP contribution is -2.19. The van der Waals surface area contributed by atoms with Gasteiger partial charge in [-0.2, -0.15) is 0 Å². The summed E-state index contributed by atoms with van der Waals surface area (Å²) in [4.78, 5) is 24.1. The Morgan fingerprint density at radius 2 is 2.00 bits per heavy atom. The molecule has 2 rings (SSSR count). The molecule has 0 saturated heterocycles. The SMILES string of the molecule is COC(=O)c1ccc(C=CC(=O)NCc2cccs2)cc1. The van der Waals surface area contributed by atoms with Crippen molar-refractivity contribution in [1.82, 2.24) is 5.32 Å². The van der Waals surface area contributed by atoms with E-state index in [2.05, 4.69) is 10.1 Å². The van der Waals surface area contributed by atoms with Crippen LogP contribution >= 0.6 is 11.3 Å². The zero-order valence-corrected chi connectivity index (χ0v) is 12.4. The van der Waals surface area contributed by atoms with Crippen molar-refractivity contribution in [3.8, 4) is 0 Å². The van der Waals surface area contributed by atoms with Gasteiger partial charge in [-0.1, -0.05) is 18.2 Å². The van der Waals surface area contributed by atoms with Crippen molar-refractivity contribution in [2.75, 3.05) is 7.11 Å². The highest BCUT2D eigenvalue weighted by Gasteiger charge is 2.03. The van der Waals surface area contributed by atoms with Crippen molar-refractivity contribution in [1.29, 1.82) is 0 Å². The molecule has 0 bridgehead atoms. The van der Waals surface area contributed by atoms with Gasteiger partial charge >= 0.3 is 5.97 Å². The minimum absolute atomic E-state index is 0.152. The number of carbonyl (C=O) groups excluding carboxylic acids is 2. The number of hydrogen-bond acceptors (Lipinski definition) is 4. The Hall–Kier alpha value is -2.40. The van der Waals surface area contributed by atoms with Gasteiger partial charge in [0.1, 0.15) is 0 Å². The van der Waals surface area contributed by atoms with E-state index in [1.807, 2.05) is 17.5 Å². The molecule has 0 aliphatic rings. The van der Waals surface area contributed by atoms with Crippen LogP contribution in [-0.4, -0.2) is 19.0 Å². The number of methoxy groups -OCH3 is 1. The molecule has 5 heteroatoms. The lowest BCUT2D eigenvalue weighted by atomic mass is 10.1. The van der Waals surface area contributed by atoms with E-state index in [-0.39, 0.29) is 11.9 Å². The largest absolute Gasteiger partial charge is 0.465 e. The average molecular weight is 301 g/mol. The summed E-state index contributed by atoms with van der Waals surface area (Å²) >= 11 is 1.60. The molecule has 0 spiro atoms. The molecule has 1 amide bonds. The van der Waals surface area contributed by atoms with Crippen LogP contribution in [0.3, 0.4) is 0 Å². The number of thiophene rings is 1. The number of rotatable bonds is 5. The molecule has 4 nitrogen and oxygen atoms in total. The van der Waals surface area contributed by atoms with Crippen molar-refractivity contribution in [3.05, 3.63) is 63.9 Å². The summed E-state index contributed by atoms with van der Waals surface area (Å²) in [7, 11) is 1.34. The third-order valence-corrected chi connectivity index (χ3v) is 3.65. The Morgan fingerprint density at radius 3 is 2.62 bits per heavy atom. The van der Waals surface area contributed by atoms with Crippen LogP contribution in [0.25, 0.3) is 6.08 Å². The topological polar surface area (TPSA) is 55.4 Å². The standard InChI is InChI=1S/C16H15NO3S/c1-20-16(19)13-7-4-12(5-8-13)6-9-15(18)17-11-14-3-2-10-21-14/h2-10H,11H2,1H3,(H,17,18). The first-order valence-corrected chi connectivity index (χ1v) is 7.23. The van der Waals surface area contributed by atoms with Gasteiger partial charge in [-0.05, 0) is 35.2 Å². The molecule has 2 aromatic rings. The number of benzene rings is 1. The molecule has 0 atom stereocenters. The number of hydrogen-bond donors (Lipinski definition) is 1. The normalized spacial score (nSPS) is 10.5. The number of carbonyl (C=O) groups is 2. The van der Waals surface area contributed by atoms with Crippen molar-refractivity contribution in [2.24, 2.45) is 0 Å². The predicted molar refractivity (Wildman–Crippen MR) is 83.0 cm³/mol. The molecule has 0 aliphatic heterocycles. The Labute approximate surface area is 127 Å². The quantitative estimate of drug-likeness (QED) is 0.682. The highest BCUT2D eigenvalue weighted by molar-refractivity contribution is 7.09. The summed E-state index contributed by atoms with van der Waals surface area (Å²) < 4.78 is 4.62. The van der Waals surface area contributed by atoms with Crippen LogP contribution in [0.15, 0.2) is 47.9 Å². The van der Waals surface area contributed by atoms with Gasteiger partial charge in [-0.15, -0.1) is 11.3 Å². The zero-order chi connectivity index (χ0) is 15.1. The number of esters is 1. The maximum Gasteiger partial charge on any atom is 0.337 e. The smallest absolute Gasteiger partial charge is 0.337 e. The minimum atomic E-state index is -0.376. The molecule has 1 aromatic heterocycles. The highest BCUT2D eigenvalue weighted by Crippen LogP contribution is 2.08. The van der Waals surface area contributed by atoms with Crippen LogP contribution in [0, 0.1) is 0 Å². The lowest BCUT2D eigenvalue weighted by molar-refractivity contribution is -0.116. The second-order valence-corrected chi connectivity index (χ2v) is 5.28. The molecule has 0 saturated carbocycles. The van der Waals surface area contributed by atoms with E-state index in [0.29, 0.717) is 12.1 Å². The third-order valence-electron chi connectivity index (χ3n) is 2.78. The van der Waals surface area contributed by atoms with Crippen LogP contribution < -0.4 is 5.32 Å². The Balaban J connectivity index is 1.88. The summed E-state index contributed by atoms with van der Waals surface area (Å²) in [5.74, 6) is -0.528. The van der Waals surface area contributed by atoms with E-state index in [4.69, 9.17) is 0 Å². The first kappa shape index (κ1) is 15.0. The molecule has 0 radical (unpaired) electrons. The molecule has 1 aromatic carbocycles. The maximum absolute atomic E-state index is 11.7. The van der Waals surface area contributed by atoms with E-state index >= 15 is 0 Å². The minimum Gasteiger partial charge on any atom is -0.465 e. The van der Waals surface area contributed by atoms with Crippen LogP contribution in [0.5, 0.6) is 0 Å². The van der Waals surface area contributed by atoms with Gasteiger partial charge in [0.25, 0.3) is 0 Å². The summed E-state index contributed by atoms with van der Waals surface area (Å²) in [5, 5.41) is 4.78. The van der Waals surface area contributed by atoms with Gasteiger partial charge in [-0.25, -0.2) is 4.79 Å². The molecule has 1 heterocycles. The monoisotopic (exact) mass is 301 g/mol. The molecule has 0 unspecified atom stereocenters. The predicted octanol–water partition coefficient (Wildman–Crippen LogP) is 2.86. The Morgan fingerprint density at radius 1 is 1.24 bits per heavy atom. The summed E-state index contributed by atoms with van der Waals surface area (Å²) in [6, 6.07) is 10.8. The molecule has 0 fully saturated rings. The zero-order valence-electron chi connectivity index (χ0n) is 11.5. The van der Waals surface area contributed by atoms with Crippen molar-refractivity contribution in [3.63, 3.8) is 0 Å². The van der Waals surface area contributed by atoms with E-state index in [0.717, 1.165) is 10.4 Å². The van der Waals surface area contributed by atoms with Crippen LogP contribution in [0.4, 0.5) is 0 Å². The van der Waals surface area contributed by atoms with Gasteiger partial charge in [-0.3, -0.25) is 4.79 Å². The van der Waals surface area contributed by atoms with Gasteiger partial charge in [0, 0.05) is 11.0 Å². The fraction of sp³-hybridized carbons (Fsp3) is 0.125. The molecule has 108 valence electrons. The summed E-state index contributed by atoms with van der Waals surface area (Å²) in [6.45, 7) is 0.530. The summed E-state index contributed by atoms with van der Waals surface area (Å²) in [6.07, 6.45) is 3.17. The molecular formula is C16H15NO3S.